The molecule has 0 saturated carbocycles. The summed E-state index contributed by atoms with van der Waals surface area (Å²) in [5, 5.41) is 10.5. The van der Waals surface area contributed by atoms with Crippen LogP contribution in [0.5, 0.6) is 0 Å². The number of fused-ring (bicyclic) bond motifs is 12. The van der Waals surface area contributed by atoms with Crippen LogP contribution in [0, 0.1) is 0 Å². The third-order valence-electron chi connectivity index (χ3n) is 12.7. The molecule has 4 heteroatoms. The Morgan fingerprint density at radius 1 is 0.321 bits per heavy atom. The molecule has 10 rings (SSSR count). The molecule has 0 atom stereocenters. The molecule has 56 heavy (non-hydrogen) atoms. The van der Waals surface area contributed by atoms with Crippen LogP contribution < -0.4 is 0 Å². The lowest BCUT2D eigenvalue weighted by atomic mass is 9.84. The van der Waals surface area contributed by atoms with Gasteiger partial charge in [0.2, 0.25) is 0 Å². The monoisotopic (exact) mass is 860 g/mol. The topological polar surface area (TPSA) is 8.82 Å². The summed E-state index contributed by atoms with van der Waals surface area (Å²) in [5.74, 6) is 0. The molecule has 0 radical (unpaired) electrons. The highest BCUT2D eigenvalue weighted by Crippen LogP contribution is 2.49. The number of benzene rings is 6. The van der Waals surface area contributed by atoms with E-state index in [-0.39, 0.29) is 21.7 Å². The molecular formula is C52H50Br2N2. The van der Waals surface area contributed by atoms with Gasteiger partial charge in [-0.15, -0.1) is 0 Å². The van der Waals surface area contributed by atoms with Crippen molar-refractivity contribution in [2.24, 2.45) is 0 Å². The molecular weight excluding hydrogens is 812 g/mol. The van der Waals surface area contributed by atoms with Gasteiger partial charge in [-0.05, 0) is 128 Å². The average molecular weight is 863 g/mol. The number of hydrogen-bond acceptors (Lipinski definition) is 0. The minimum absolute atomic E-state index is 0.0174. The van der Waals surface area contributed by atoms with Crippen LogP contribution >= 0.6 is 31.9 Å². The summed E-state index contributed by atoms with van der Waals surface area (Å²) in [5.41, 5.74) is 15.6. The fraction of sp³-hybridized carbons (Fsp3) is 0.308. The van der Waals surface area contributed by atoms with E-state index in [1.807, 2.05) is 0 Å². The van der Waals surface area contributed by atoms with Crippen molar-refractivity contribution >= 4 is 108 Å². The van der Waals surface area contributed by atoms with Gasteiger partial charge in [-0.1, -0.05) is 127 Å². The number of rotatable bonds is 1. The van der Waals surface area contributed by atoms with Crippen molar-refractivity contribution in [1.82, 2.24) is 8.80 Å². The van der Waals surface area contributed by atoms with Gasteiger partial charge in [-0.2, -0.15) is 0 Å². The molecule has 0 aliphatic carbocycles. The lowest BCUT2D eigenvalue weighted by Gasteiger charge is -2.20. The Hall–Kier alpha value is -4.12. The fourth-order valence-corrected chi connectivity index (χ4v) is 10.5. The number of halogens is 2. The lowest BCUT2D eigenvalue weighted by molar-refractivity contribution is 0.590. The Kier molecular flexibility index (Phi) is 7.31. The molecule has 0 fully saturated rings. The number of aromatic nitrogens is 2. The summed E-state index contributed by atoms with van der Waals surface area (Å²) in [7, 11) is 0. The molecule has 0 unspecified atom stereocenters. The first-order valence-electron chi connectivity index (χ1n) is 20.1. The summed E-state index contributed by atoms with van der Waals surface area (Å²) < 4.78 is 7.26. The first kappa shape index (κ1) is 36.2. The summed E-state index contributed by atoms with van der Waals surface area (Å²) >= 11 is 8.26. The van der Waals surface area contributed by atoms with Gasteiger partial charge in [-0.25, -0.2) is 0 Å². The van der Waals surface area contributed by atoms with E-state index in [0.717, 1.165) is 8.95 Å². The first-order valence-corrected chi connectivity index (χ1v) is 21.7. The predicted octanol–water partition coefficient (Wildman–Crippen LogP) is 16.4. The Labute approximate surface area is 346 Å². The van der Waals surface area contributed by atoms with Gasteiger partial charge in [0.1, 0.15) is 0 Å². The molecule has 6 aromatic carbocycles. The van der Waals surface area contributed by atoms with Crippen molar-refractivity contribution in [2.75, 3.05) is 0 Å². The Bertz CT molecular complexity index is 3060. The van der Waals surface area contributed by atoms with E-state index < -0.39 is 0 Å². The van der Waals surface area contributed by atoms with Crippen molar-refractivity contribution < 1.29 is 0 Å². The van der Waals surface area contributed by atoms with E-state index in [1.54, 1.807) is 0 Å². The molecule has 0 amide bonds. The molecule has 10 aromatic rings. The van der Waals surface area contributed by atoms with Gasteiger partial charge in [0.05, 0.1) is 33.1 Å². The summed E-state index contributed by atoms with van der Waals surface area (Å²) in [6.07, 6.45) is 0. The van der Waals surface area contributed by atoms with Crippen LogP contribution in [0.15, 0.2) is 93.9 Å². The second-order valence-corrected chi connectivity index (χ2v) is 22.4. The van der Waals surface area contributed by atoms with E-state index in [0.29, 0.717) is 0 Å². The van der Waals surface area contributed by atoms with Crippen molar-refractivity contribution in [3.63, 3.8) is 0 Å². The third kappa shape index (κ3) is 5.03. The molecule has 2 nitrogen and oxygen atoms in total. The van der Waals surface area contributed by atoms with Gasteiger partial charge in [0.25, 0.3) is 0 Å². The SMILES string of the molecule is CC(C)(C)c1ccc2c(c1)c1cc(C(C)(C)C)cc3c4cc(Br)c(-c5cc6c(cc5Br)c5cc(C(C)(C)C)cc7c8cc(C(C)(C)C)ccc8n6c75)cc4n2c13. The van der Waals surface area contributed by atoms with Crippen LogP contribution in [0.3, 0.4) is 0 Å². The zero-order chi connectivity index (χ0) is 39.8. The van der Waals surface area contributed by atoms with Crippen LogP contribution in [-0.4, -0.2) is 8.80 Å². The fourth-order valence-electron chi connectivity index (χ4n) is 9.34. The molecule has 0 bridgehead atoms. The summed E-state index contributed by atoms with van der Waals surface area (Å²) in [6, 6.07) is 33.7. The van der Waals surface area contributed by atoms with E-state index in [1.165, 1.54) is 110 Å². The standard InChI is InChI=1S/C52H50Br2N2/c1-49(2,3)27-13-15-43-33(17-27)37-19-29(51(7,8)9)21-39-35-23-41(53)31(25-45(35)55(43)47(37)39)32-26-46-36(24-42(32)54)40-22-30(52(10,11)12)20-38-34-18-28(50(4,5)6)14-16-44(34)56(46)48(38)40/h13-26H,1-12H3. The number of hydrogen-bond donors (Lipinski definition) is 0. The molecule has 282 valence electrons. The minimum atomic E-state index is 0.0174. The van der Waals surface area contributed by atoms with Crippen molar-refractivity contribution in [3.05, 3.63) is 116 Å². The Morgan fingerprint density at radius 2 is 0.607 bits per heavy atom. The largest absolute Gasteiger partial charge is 0.308 e. The summed E-state index contributed by atoms with van der Waals surface area (Å²) in [4.78, 5) is 0. The smallest absolute Gasteiger partial charge is 0.0620 e. The third-order valence-corrected chi connectivity index (χ3v) is 14.0. The van der Waals surface area contributed by atoms with E-state index in [2.05, 4.69) is 209 Å². The molecule has 0 aliphatic rings. The average Bonchev–Trinajstić information content (AvgIpc) is 3.81. The van der Waals surface area contributed by atoms with Gasteiger partial charge >= 0.3 is 0 Å². The Morgan fingerprint density at radius 3 is 0.911 bits per heavy atom. The van der Waals surface area contributed by atoms with Crippen molar-refractivity contribution in [1.29, 1.82) is 0 Å². The quantitative estimate of drug-likeness (QED) is 0.155. The second kappa shape index (κ2) is 11.3. The maximum Gasteiger partial charge on any atom is 0.0620 e. The van der Waals surface area contributed by atoms with Gasteiger partial charge in [0, 0.05) is 52.0 Å². The zero-order valence-corrected chi connectivity index (χ0v) is 37.9. The van der Waals surface area contributed by atoms with Gasteiger partial charge in [-0.3, -0.25) is 0 Å². The summed E-state index contributed by atoms with van der Waals surface area (Å²) in [6.45, 7) is 27.8. The zero-order valence-electron chi connectivity index (χ0n) is 34.7. The predicted molar refractivity (Wildman–Crippen MR) is 251 cm³/mol. The Balaban J connectivity index is 1.30. The molecule has 0 aliphatic heterocycles. The minimum Gasteiger partial charge on any atom is -0.308 e. The van der Waals surface area contributed by atoms with E-state index in [9.17, 15) is 0 Å². The highest BCUT2D eigenvalue weighted by molar-refractivity contribution is 9.11. The maximum absolute atomic E-state index is 4.13. The second-order valence-electron chi connectivity index (χ2n) is 20.7. The van der Waals surface area contributed by atoms with Crippen LogP contribution in [0.4, 0.5) is 0 Å². The van der Waals surface area contributed by atoms with Crippen LogP contribution in [0.1, 0.15) is 105 Å². The molecule has 4 aromatic heterocycles. The normalized spacial score (nSPS) is 13.9. The highest BCUT2D eigenvalue weighted by Gasteiger charge is 2.27. The first-order chi connectivity index (χ1) is 26.1. The van der Waals surface area contributed by atoms with Gasteiger partial charge in [0.15, 0.2) is 0 Å². The molecule has 4 heterocycles. The van der Waals surface area contributed by atoms with E-state index >= 15 is 0 Å². The maximum atomic E-state index is 4.13. The van der Waals surface area contributed by atoms with Crippen molar-refractivity contribution in [3.8, 4) is 11.1 Å². The van der Waals surface area contributed by atoms with E-state index in [4.69, 9.17) is 0 Å². The highest BCUT2D eigenvalue weighted by atomic mass is 79.9. The van der Waals surface area contributed by atoms with Crippen LogP contribution in [0.2, 0.25) is 0 Å². The van der Waals surface area contributed by atoms with Crippen LogP contribution in [-0.2, 0) is 21.7 Å². The number of nitrogens with zero attached hydrogens (tertiary/aromatic N) is 2. The molecule has 0 spiro atoms. The molecule has 0 saturated heterocycles. The van der Waals surface area contributed by atoms with Crippen LogP contribution in [0.25, 0.3) is 87.3 Å². The molecule has 0 N–H and O–H groups in total. The van der Waals surface area contributed by atoms with Crippen molar-refractivity contribution in [2.45, 2.75) is 105 Å². The van der Waals surface area contributed by atoms with Gasteiger partial charge < -0.3 is 8.80 Å². The lowest BCUT2D eigenvalue weighted by Crippen LogP contribution is -2.11.